The van der Waals surface area contributed by atoms with Crippen LogP contribution < -0.4 is 5.14 Å². The zero-order valence-electron chi connectivity index (χ0n) is 8.40. The van der Waals surface area contributed by atoms with E-state index in [0.29, 0.717) is 0 Å². The Kier molecular flexibility index (Phi) is 2.52. The SMILES string of the molecule is NS(=O)(=O)c1ccc([N+](=O)[O-])c2cnccc12. The Labute approximate surface area is 96.1 Å². The maximum absolute atomic E-state index is 11.3. The smallest absolute Gasteiger partial charge is 0.264 e. The molecule has 1 aromatic heterocycles. The molecule has 7 nitrogen and oxygen atoms in total. The summed E-state index contributed by atoms with van der Waals surface area (Å²) in [5.41, 5.74) is -0.208. The van der Waals surface area contributed by atoms with Gasteiger partial charge in [0.1, 0.15) is 0 Å². The molecule has 2 N–H and O–H groups in total. The highest BCUT2D eigenvalue weighted by atomic mass is 32.2. The lowest BCUT2D eigenvalue weighted by Crippen LogP contribution is -2.12. The van der Waals surface area contributed by atoms with Gasteiger partial charge in [0.05, 0.1) is 15.2 Å². The lowest BCUT2D eigenvalue weighted by molar-refractivity contribution is -0.383. The molecule has 0 atom stereocenters. The van der Waals surface area contributed by atoms with Gasteiger partial charge in [0.2, 0.25) is 10.0 Å². The average Bonchev–Trinajstić information content (AvgIpc) is 2.26. The Balaban J connectivity index is 2.95. The molecule has 0 saturated carbocycles. The van der Waals surface area contributed by atoms with Gasteiger partial charge in [-0.2, -0.15) is 0 Å². The largest absolute Gasteiger partial charge is 0.278 e. The molecule has 0 spiro atoms. The molecule has 1 aromatic carbocycles. The molecule has 17 heavy (non-hydrogen) atoms. The fourth-order valence-electron chi connectivity index (χ4n) is 1.55. The molecular formula is C9H7N3O4S. The van der Waals surface area contributed by atoms with Crippen LogP contribution in [0, 0.1) is 10.1 Å². The summed E-state index contributed by atoms with van der Waals surface area (Å²) in [4.78, 5) is 13.8. The monoisotopic (exact) mass is 253 g/mol. The second-order valence-electron chi connectivity index (χ2n) is 3.31. The van der Waals surface area contributed by atoms with Crippen molar-refractivity contribution in [3.63, 3.8) is 0 Å². The van der Waals surface area contributed by atoms with E-state index in [4.69, 9.17) is 5.14 Å². The second kappa shape index (κ2) is 3.75. The molecule has 0 unspecified atom stereocenters. The van der Waals surface area contributed by atoms with Crippen LogP contribution in [-0.2, 0) is 10.0 Å². The number of nitro groups is 1. The summed E-state index contributed by atoms with van der Waals surface area (Å²) < 4.78 is 22.6. The lowest BCUT2D eigenvalue weighted by atomic mass is 10.1. The normalized spacial score (nSPS) is 11.6. The maximum atomic E-state index is 11.3. The van der Waals surface area contributed by atoms with Crippen molar-refractivity contribution in [2.24, 2.45) is 5.14 Å². The Hall–Kier alpha value is -2.06. The molecule has 0 fully saturated rings. The van der Waals surface area contributed by atoms with E-state index in [9.17, 15) is 18.5 Å². The molecule has 88 valence electrons. The van der Waals surface area contributed by atoms with Crippen molar-refractivity contribution in [1.29, 1.82) is 0 Å². The molecule has 1 heterocycles. The highest BCUT2D eigenvalue weighted by molar-refractivity contribution is 7.89. The minimum absolute atomic E-state index is 0.143. The van der Waals surface area contributed by atoms with Crippen LogP contribution in [0.5, 0.6) is 0 Å². The van der Waals surface area contributed by atoms with Crippen molar-refractivity contribution >= 4 is 26.5 Å². The number of hydrogen-bond donors (Lipinski definition) is 1. The highest BCUT2D eigenvalue weighted by Crippen LogP contribution is 2.29. The van der Waals surface area contributed by atoms with E-state index in [0.717, 1.165) is 12.1 Å². The van der Waals surface area contributed by atoms with E-state index in [-0.39, 0.29) is 21.4 Å². The molecule has 0 saturated heterocycles. The third-order valence-corrected chi connectivity index (χ3v) is 3.23. The van der Waals surface area contributed by atoms with Crippen molar-refractivity contribution in [2.75, 3.05) is 0 Å². The zero-order valence-corrected chi connectivity index (χ0v) is 9.22. The van der Waals surface area contributed by atoms with Crippen LogP contribution in [0.3, 0.4) is 0 Å². The van der Waals surface area contributed by atoms with Gasteiger partial charge in [0.15, 0.2) is 0 Å². The van der Waals surface area contributed by atoms with Gasteiger partial charge in [-0.25, -0.2) is 13.6 Å². The Morgan fingerprint density at radius 1 is 1.24 bits per heavy atom. The molecule has 0 bridgehead atoms. The summed E-state index contributed by atoms with van der Waals surface area (Å²) in [5.74, 6) is 0. The molecule has 2 rings (SSSR count). The summed E-state index contributed by atoms with van der Waals surface area (Å²) >= 11 is 0. The van der Waals surface area contributed by atoms with Crippen LogP contribution in [0.2, 0.25) is 0 Å². The third-order valence-electron chi connectivity index (χ3n) is 2.26. The van der Waals surface area contributed by atoms with Crippen LogP contribution >= 0.6 is 0 Å². The molecule has 8 heteroatoms. The first-order valence-electron chi connectivity index (χ1n) is 4.45. The minimum atomic E-state index is -3.92. The van der Waals surface area contributed by atoms with Crippen molar-refractivity contribution in [2.45, 2.75) is 4.90 Å². The Bertz CT molecular complexity index is 711. The number of non-ortho nitro benzene ring substituents is 1. The topological polar surface area (TPSA) is 116 Å². The van der Waals surface area contributed by atoms with Gasteiger partial charge in [0, 0.05) is 23.8 Å². The molecule has 0 radical (unpaired) electrons. The number of primary sulfonamides is 1. The summed E-state index contributed by atoms with van der Waals surface area (Å²) in [6, 6.07) is 3.60. The fourth-order valence-corrected chi connectivity index (χ4v) is 2.30. The van der Waals surface area contributed by atoms with Crippen LogP contribution in [0.4, 0.5) is 5.69 Å². The van der Waals surface area contributed by atoms with E-state index in [2.05, 4.69) is 4.98 Å². The molecule has 0 amide bonds. The van der Waals surface area contributed by atoms with Gasteiger partial charge in [0.25, 0.3) is 5.69 Å². The quantitative estimate of drug-likeness (QED) is 0.627. The van der Waals surface area contributed by atoms with E-state index in [1.54, 1.807) is 0 Å². The van der Waals surface area contributed by atoms with Crippen LogP contribution in [-0.4, -0.2) is 18.3 Å². The number of benzene rings is 1. The molecule has 0 aliphatic heterocycles. The number of rotatable bonds is 2. The summed E-state index contributed by atoms with van der Waals surface area (Å²) in [6.07, 6.45) is 2.59. The summed E-state index contributed by atoms with van der Waals surface area (Å²) in [6.45, 7) is 0. The van der Waals surface area contributed by atoms with Gasteiger partial charge >= 0.3 is 0 Å². The van der Waals surface area contributed by atoms with Crippen molar-refractivity contribution < 1.29 is 13.3 Å². The van der Waals surface area contributed by atoms with Gasteiger partial charge in [-0.05, 0) is 12.1 Å². The highest BCUT2D eigenvalue weighted by Gasteiger charge is 2.19. The van der Waals surface area contributed by atoms with Gasteiger partial charge in [-0.1, -0.05) is 0 Å². The van der Waals surface area contributed by atoms with E-state index < -0.39 is 14.9 Å². The number of sulfonamides is 1. The molecule has 0 aliphatic rings. The molecule has 2 aromatic rings. The van der Waals surface area contributed by atoms with Crippen LogP contribution in [0.25, 0.3) is 10.8 Å². The van der Waals surface area contributed by atoms with Gasteiger partial charge in [-0.15, -0.1) is 0 Å². The number of nitrogens with two attached hydrogens (primary N) is 1. The fraction of sp³-hybridized carbons (Fsp3) is 0. The number of hydrogen-bond acceptors (Lipinski definition) is 5. The molecular weight excluding hydrogens is 246 g/mol. The zero-order chi connectivity index (χ0) is 12.6. The average molecular weight is 253 g/mol. The summed E-state index contributed by atoms with van der Waals surface area (Å²) in [5, 5.41) is 16.1. The lowest BCUT2D eigenvalue weighted by Gasteiger charge is -2.04. The predicted octanol–water partition coefficient (Wildman–Crippen LogP) is 0.790. The number of aromatic nitrogens is 1. The predicted molar refractivity (Wildman–Crippen MR) is 59.8 cm³/mol. The van der Waals surface area contributed by atoms with Crippen molar-refractivity contribution in [1.82, 2.24) is 4.98 Å². The first-order valence-corrected chi connectivity index (χ1v) is 6.00. The van der Waals surface area contributed by atoms with E-state index in [1.165, 1.54) is 18.5 Å². The Morgan fingerprint density at radius 2 is 1.94 bits per heavy atom. The Morgan fingerprint density at radius 3 is 2.53 bits per heavy atom. The number of nitro benzene ring substituents is 1. The third kappa shape index (κ3) is 1.95. The van der Waals surface area contributed by atoms with Crippen molar-refractivity contribution in [3.8, 4) is 0 Å². The number of nitrogens with zero attached hydrogens (tertiary/aromatic N) is 2. The summed E-state index contributed by atoms with van der Waals surface area (Å²) in [7, 11) is -3.92. The van der Waals surface area contributed by atoms with Crippen molar-refractivity contribution in [3.05, 3.63) is 40.7 Å². The number of fused-ring (bicyclic) bond motifs is 1. The number of pyridine rings is 1. The van der Waals surface area contributed by atoms with Crippen LogP contribution in [0.1, 0.15) is 0 Å². The maximum Gasteiger partial charge on any atom is 0.278 e. The second-order valence-corrected chi connectivity index (χ2v) is 4.84. The van der Waals surface area contributed by atoms with Crippen LogP contribution in [0.15, 0.2) is 35.5 Å². The van der Waals surface area contributed by atoms with E-state index >= 15 is 0 Å². The first kappa shape index (κ1) is 11.4. The van der Waals surface area contributed by atoms with Gasteiger partial charge in [-0.3, -0.25) is 15.1 Å². The molecule has 0 aliphatic carbocycles. The minimum Gasteiger partial charge on any atom is -0.264 e. The standard InChI is InChI=1S/C9H7N3O4S/c10-17(15,16)9-2-1-8(12(13)14)7-5-11-4-3-6(7)9/h1-5H,(H2,10,15,16). The van der Waals surface area contributed by atoms with E-state index in [1.807, 2.05) is 0 Å². The first-order chi connectivity index (χ1) is 7.91. The van der Waals surface area contributed by atoms with Gasteiger partial charge < -0.3 is 0 Å².